The van der Waals surface area contributed by atoms with Crippen LogP contribution in [-0.2, 0) is 20.4 Å². The van der Waals surface area contributed by atoms with Gasteiger partial charge in [0, 0.05) is 17.8 Å². The monoisotopic (exact) mass is 400 g/mol. The maximum atomic E-state index is 14.3. The molecule has 0 radical (unpaired) electrons. The third kappa shape index (κ3) is 3.79. The molecular formula is C16H15F2N2O6P. The summed E-state index contributed by atoms with van der Waals surface area (Å²) in [6, 6.07) is 8.28. The van der Waals surface area contributed by atoms with E-state index in [0.717, 1.165) is 22.4 Å². The molecule has 1 saturated heterocycles. The summed E-state index contributed by atoms with van der Waals surface area (Å²) in [5, 5.41) is 0. The van der Waals surface area contributed by atoms with Crippen LogP contribution in [0.4, 0.5) is 8.78 Å². The van der Waals surface area contributed by atoms with E-state index in [9.17, 15) is 18.4 Å². The molecular weight excluding hydrogens is 385 g/mol. The van der Waals surface area contributed by atoms with Crippen LogP contribution in [0.1, 0.15) is 18.2 Å². The van der Waals surface area contributed by atoms with E-state index >= 15 is 0 Å². The van der Waals surface area contributed by atoms with Crippen LogP contribution < -0.4 is 15.8 Å². The number of fused-ring (bicyclic) bond motifs is 1. The van der Waals surface area contributed by atoms with Crippen LogP contribution in [0.2, 0.25) is 0 Å². The van der Waals surface area contributed by atoms with Gasteiger partial charge in [0.05, 0.1) is 19.6 Å². The number of aromatic amines is 1. The SMILES string of the molecule is O=c1ccn(C2CC(F)(F)C(COP3OCc4ccccc4O3)O2)c(=O)[nH]1. The zero-order valence-corrected chi connectivity index (χ0v) is 14.7. The minimum absolute atomic E-state index is 0.263. The van der Waals surface area contributed by atoms with E-state index in [1.54, 1.807) is 12.1 Å². The average Bonchev–Trinajstić information content (AvgIpc) is 2.94. The maximum Gasteiger partial charge on any atom is 0.397 e. The fourth-order valence-electron chi connectivity index (χ4n) is 2.81. The number of hydrogen-bond donors (Lipinski definition) is 1. The maximum absolute atomic E-state index is 14.3. The minimum Gasteiger partial charge on any atom is -0.426 e. The van der Waals surface area contributed by atoms with E-state index in [-0.39, 0.29) is 6.61 Å². The summed E-state index contributed by atoms with van der Waals surface area (Å²) in [6.07, 6.45) is -2.37. The first-order valence-corrected chi connectivity index (χ1v) is 9.18. The quantitative estimate of drug-likeness (QED) is 0.792. The molecule has 2 aliphatic heterocycles. The normalized spacial score (nSPS) is 26.4. The third-order valence-corrected chi connectivity index (χ3v) is 5.25. The van der Waals surface area contributed by atoms with Crippen molar-refractivity contribution in [1.82, 2.24) is 9.55 Å². The number of alkyl halides is 2. The molecule has 0 aliphatic carbocycles. The number of ether oxygens (including phenoxy) is 1. The predicted octanol–water partition coefficient (Wildman–Crippen LogP) is 2.31. The molecule has 1 fully saturated rings. The van der Waals surface area contributed by atoms with Gasteiger partial charge in [0.25, 0.3) is 11.5 Å². The summed E-state index contributed by atoms with van der Waals surface area (Å²) in [5.74, 6) is -2.63. The lowest BCUT2D eigenvalue weighted by Crippen LogP contribution is -2.32. The first-order valence-electron chi connectivity index (χ1n) is 8.09. The van der Waals surface area contributed by atoms with Gasteiger partial charge in [-0.2, -0.15) is 0 Å². The molecule has 2 aromatic rings. The van der Waals surface area contributed by atoms with Crippen LogP contribution in [0.3, 0.4) is 0 Å². The highest BCUT2D eigenvalue weighted by atomic mass is 31.2. The summed E-state index contributed by atoms with van der Waals surface area (Å²) in [5.41, 5.74) is -0.583. The second-order valence-electron chi connectivity index (χ2n) is 6.05. The van der Waals surface area contributed by atoms with E-state index in [1.165, 1.54) is 0 Å². The lowest BCUT2D eigenvalue weighted by molar-refractivity contribution is -0.0994. The van der Waals surface area contributed by atoms with E-state index in [0.29, 0.717) is 5.75 Å². The molecule has 0 amide bonds. The van der Waals surface area contributed by atoms with Crippen molar-refractivity contribution in [3.05, 3.63) is 62.9 Å². The highest BCUT2D eigenvalue weighted by Crippen LogP contribution is 2.48. The molecule has 1 aromatic carbocycles. The smallest absolute Gasteiger partial charge is 0.397 e. The fraction of sp³-hybridized carbons (Fsp3) is 0.375. The van der Waals surface area contributed by atoms with Crippen LogP contribution in [0.5, 0.6) is 5.75 Å². The van der Waals surface area contributed by atoms with Gasteiger partial charge in [-0.15, -0.1) is 0 Å². The lowest BCUT2D eigenvalue weighted by Gasteiger charge is -2.25. The van der Waals surface area contributed by atoms with Gasteiger partial charge in [0.15, 0.2) is 0 Å². The number of hydrogen-bond acceptors (Lipinski definition) is 6. The van der Waals surface area contributed by atoms with Crippen LogP contribution in [0, 0.1) is 0 Å². The zero-order chi connectivity index (χ0) is 19.0. The Labute approximate surface area is 152 Å². The molecule has 11 heteroatoms. The molecule has 1 N–H and O–H groups in total. The Balaban J connectivity index is 1.41. The highest BCUT2D eigenvalue weighted by Gasteiger charge is 2.51. The number of benzene rings is 1. The number of rotatable bonds is 4. The van der Waals surface area contributed by atoms with Crippen LogP contribution in [0.25, 0.3) is 0 Å². The molecule has 1 aromatic heterocycles. The van der Waals surface area contributed by atoms with Crippen molar-refractivity contribution in [1.29, 1.82) is 0 Å². The molecule has 144 valence electrons. The Bertz CT molecular complexity index is 949. The molecule has 2 aliphatic rings. The molecule has 4 rings (SSSR count). The van der Waals surface area contributed by atoms with Gasteiger partial charge in [-0.05, 0) is 6.07 Å². The van der Waals surface area contributed by atoms with Gasteiger partial charge >= 0.3 is 14.3 Å². The Morgan fingerprint density at radius 2 is 2.11 bits per heavy atom. The van der Waals surface area contributed by atoms with Crippen molar-refractivity contribution < 1.29 is 27.1 Å². The Morgan fingerprint density at radius 3 is 2.93 bits per heavy atom. The van der Waals surface area contributed by atoms with Gasteiger partial charge in [-0.25, -0.2) is 13.6 Å². The van der Waals surface area contributed by atoms with Crippen molar-refractivity contribution in [2.45, 2.75) is 31.3 Å². The second-order valence-corrected chi connectivity index (χ2v) is 7.20. The van der Waals surface area contributed by atoms with Gasteiger partial charge < -0.3 is 9.26 Å². The molecule has 0 saturated carbocycles. The number of nitrogens with zero attached hydrogens (tertiary/aromatic N) is 1. The van der Waals surface area contributed by atoms with E-state index < -0.39 is 51.1 Å². The third-order valence-electron chi connectivity index (χ3n) is 4.20. The first kappa shape index (κ1) is 18.2. The number of H-pyrrole nitrogens is 1. The van der Waals surface area contributed by atoms with E-state index in [1.807, 2.05) is 17.1 Å². The van der Waals surface area contributed by atoms with Gasteiger partial charge in [0.1, 0.15) is 18.1 Å². The highest BCUT2D eigenvalue weighted by molar-refractivity contribution is 7.42. The molecule has 0 bridgehead atoms. The van der Waals surface area contributed by atoms with Crippen molar-refractivity contribution in [2.24, 2.45) is 0 Å². The fourth-order valence-corrected chi connectivity index (χ4v) is 3.83. The minimum atomic E-state index is -3.22. The predicted molar refractivity (Wildman–Crippen MR) is 89.5 cm³/mol. The van der Waals surface area contributed by atoms with Gasteiger partial charge in [0.2, 0.25) is 0 Å². The molecule has 27 heavy (non-hydrogen) atoms. The van der Waals surface area contributed by atoms with Gasteiger partial charge in [-0.3, -0.25) is 23.4 Å². The largest absolute Gasteiger partial charge is 0.426 e. The average molecular weight is 400 g/mol. The van der Waals surface area contributed by atoms with E-state index in [2.05, 4.69) is 0 Å². The Morgan fingerprint density at radius 1 is 1.30 bits per heavy atom. The second kappa shape index (κ2) is 7.12. The van der Waals surface area contributed by atoms with Crippen molar-refractivity contribution in [3.63, 3.8) is 0 Å². The summed E-state index contributed by atoms with van der Waals surface area (Å²) in [4.78, 5) is 24.9. The van der Waals surface area contributed by atoms with Crippen LogP contribution in [-0.4, -0.2) is 28.2 Å². The molecule has 0 spiro atoms. The first-order chi connectivity index (χ1) is 12.9. The summed E-state index contributed by atoms with van der Waals surface area (Å²) >= 11 is 0. The number of para-hydroxylation sites is 1. The number of aromatic nitrogens is 2. The van der Waals surface area contributed by atoms with Crippen molar-refractivity contribution >= 4 is 8.60 Å². The molecule has 3 atom stereocenters. The van der Waals surface area contributed by atoms with Crippen LogP contribution in [0.15, 0.2) is 46.1 Å². The summed E-state index contributed by atoms with van der Waals surface area (Å²) in [7, 11) is -1.82. The summed E-state index contributed by atoms with van der Waals surface area (Å²) < 4.78 is 51.1. The number of halogens is 2. The lowest BCUT2D eigenvalue weighted by atomic mass is 10.2. The Kier molecular flexibility index (Phi) is 4.81. The standard InChI is InChI=1S/C16H15F2N2O6P/c17-16(18)7-14(20-6-5-13(21)19-15(20)22)25-12(16)9-24-27-23-8-10-3-1-2-4-11(10)26-27/h1-6,12,14H,7-9H2,(H,19,21,22). The van der Waals surface area contributed by atoms with Crippen molar-refractivity contribution in [2.75, 3.05) is 6.61 Å². The topological polar surface area (TPSA) is 91.8 Å². The van der Waals surface area contributed by atoms with Gasteiger partial charge in [-0.1, -0.05) is 18.2 Å². The molecule has 8 nitrogen and oxygen atoms in total. The van der Waals surface area contributed by atoms with E-state index in [4.69, 9.17) is 18.3 Å². The Hall–Kier alpha value is -2.13. The van der Waals surface area contributed by atoms with Crippen molar-refractivity contribution in [3.8, 4) is 5.75 Å². The van der Waals surface area contributed by atoms with Crippen LogP contribution >= 0.6 is 8.60 Å². The number of nitrogens with one attached hydrogen (secondary N) is 1. The molecule has 3 unspecified atom stereocenters. The molecule has 3 heterocycles. The summed E-state index contributed by atoms with van der Waals surface area (Å²) in [6.45, 7) is -0.200. The zero-order valence-electron chi connectivity index (χ0n) is 13.8.